The van der Waals surface area contributed by atoms with Crippen LogP contribution in [0.2, 0.25) is 0 Å². The van der Waals surface area contributed by atoms with Gasteiger partial charge in [-0.2, -0.15) is 0 Å². The minimum Gasteiger partial charge on any atom is -0.490 e. The molecule has 6 nitrogen and oxygen atoms in total. The molecule has 2 aliphatic rings. The number of aromatic nitrogens is 2. The standard InChI is InChI=1S/C21H28N4O2/c26-21-20(22-10-11-23-21)25-12-4-6-17(15-25)24-14-16-5-3-9-19(13-16)27-18-7-1-2-8-18/h3,5,9-11,13,17-18,24H,1-2,4,6-8,12,14-15H2,(H,23,26). The van der Waals surface area contributed by atoms with Gasteiger partial charge in [0.05, 0.1) is 6.10 Å². The molecule has 2 aromatic rings. The summed E-state index contributed by atoms with van der Waals surface area (Å²) in [6.07, 6.45) is 10.7. The van der Waals surface area contributed by atoms with Gasteiger partial charge in [0.1, 0.15) is 5.75 Å². The lowest BCUT2D eigenvalue weighted by Crippen LogP contribution is -2.47. The van der Waals surface area contributed by atoms with E-state index in [1.807, 2.05) is 0 Å². The minimum atomic E-state index is -0.116. The topological polar surface area (TPSA) is 70.2 Å². The van der Waals surface area contributed by atoms with Crippen molar-refractivity contribution in [1.82, 2.24) is 15.3 Å². The summed E-state index contributed by atoms with van der Waals surface area (Å²) in [5, 5.41) is 3.64. The molecule has 2 heterocycles. The third-order valence-corrected chi connectivity index (χ3v) is 5.51. The van der Waals surface area contributed by atoms with Gasteiger partial charge in [0, 0.05) is 38.1 Å². The van der Waals surface area contributed by atoms with Crippen LogP contribution in [-0.4, -0.2) is 35.2 Å². The van der Waals surface area contributed by atoms with Crippen molar-refractivity contribution in [2.75, 3.05) is 18.0 Å². The Morgan fingerprint density at radius 2 is 2.11 bits per heavy atom. The summed E-state index contributed by atoms with van der Waals surface area (Å²) in [7, 11) is 0. The molecular weight excluding hydrogens is 340 g/mol. The molecular formula is C21H28N4O2. The maximum Gasteiger partial charge on any atom is 0.290 e. The molecule has 2 fully saturated rings. The van der Waals surface area contributed by atoms with Crippen LogP contribution in [0.15, 0.2) is 41.5 Å². The Balaban J connectivity index is 1.33. The maximum atomic E-state index is 12.0. The molecule has 6 heteroatoms. The number of piperidine rings is 1. The number of benzene rings is 1. The summed E-state index contributed by atoms with van der Waals surface area (Å²) in [6, 6.07) is 8.76. The molecule has 0 radical (unpaired) electrons. The van der Waals surface area contributed by atoms with Gasteiger partial charge >= 0.3 is 0 Å². The fourth-order valence-corrected chi connectivity index (χ4v) is 4.09. The molecule has 0 spiro atoms. The lowest BCUT2D eigenvalue weighted by Gasteiger charge is -2.33. The molecule has 27 heavy (non-hydrogen) atoms. The average molecular weight is 368 g/mol. The van der Waals surface area contributed by atoms with E-state index in [4.69, 9.17) is 4.74 Å². The first-order valence-corrected chi connectivity index (χ1v) is 10.1. The van der Waals surface area contributed by atoms with Crippen LogP contribution in [0.25, 0.3) is 0 Å². The largest absolute Gasteiger partial charge is 0.490 e. The number of hydrogen-bond acceptors (Lipinski definition) is 5. The molecule has 0 bridgehead atoms. The summed E-state index contributed by atoms with van der Waals surface area (Å²) in [4.78, 5) is 21.0. The quantitative estimate of drug-likeness (QED) is 0.820. The van der Waals surface area contributed by atoms with Gasteiger partial charge in [-0.15, -0.1) is 0 Å². The Hall–Kier alpha value is -2.34. The summed E-state index contributed by atoms with van der Waals surface area (Å²) in [5.41, 5.74) is 1.12. The first-order valence-electron chi connectivity index (χ1n) is 10.1. The van der Waals surface area contributed by atoms with E-state index in [2.05, 4.69) is 44.5 Å². The van der Waals surface area contributed by atoms with E-state index < -0.39 is 0 Å². The van der Waals surface area contributed by atoms with E-state index in [-0.39, 0.29) is 5.56 Å². The molecule has 1 atom stereocenters. The summed E-state index contributed by atoms with van der Waals surface area (Å²) < 4.78 is 6.11. The number of nitrogens with zero attached hydrogens (tertiary/aromatic N) is 2. The molecule has 1 aliphatic heterocycles. The van der Waals surface area contributed by atoms with Gasteiger partial charge in [-0.3, -0.25) is 4.79 Å². The Morgan fingerprint density at radius 3 is 2.96 bits per heavy atom. The van der Waals surface area contributed by atoms with E-state index >= 15 is 0 Å². The summed E-state index contributed by atoms with van der Waals surface area (Å²) in [6.45, 7) is 2.49. The van der Waals surface area contributed by atoms with Gasteiger partial charge < -0.3 is 19.9 Å². The molecule has 1 aromatic carbocycles. The van der Waals surface area contributed by atoms with Crippen LogP contribution in [-0.2, 0) is 6.54 Å². The third-order valence-electron chi connectivity index (χ3n) is 5.51. The molecule has 1 saturated carbocycles. The lowest BCUT2D eigenvalue weighted by atomic mass is 10.1. The Labute approximate surface area is 160 Å². The highest BCUT2D eigenvalue weighted by molar-refractivity contribution is 5.36. The van der Waals surface area contributed by atoms with E-state index in [1.54, 1.807) is 12.4 Å². The van der Waals surface area contributed by atoms with E-state index in [1.165, 1.54) is 31.2 Å². The second-order valence-corrected chi connectivity index (χ2v) is 7.58. The first-order chi connectivity index (χ1) is 13.3. The smallest absolute Gasteiger partial charge is 0.290 e. The van der Waals surface area contributed by atoms with Crippen molar-refractivity contribution in [3.05, 3.63) is 52.6 Å². The van der Waals surface area contributed by atoms with Gasteiger partial charge in [0.15, 0.2) is 5.82 Å². The maximum absolute atomic E-state index is 12.0. The summed E-state index contributed by atoms with van der Waals surface area (Å²) in [5.74, 6) is 1.50. The molecule has 4 rings (SSSR count). The number of aromatic amines is 1. The Kier molecular flexibility index (Phi) is 5.72. The molecule has 1 aromatic heterocycles. The van der Waals surface area contributed by atoms with Crippen molar-refractivity contribution in [1.29, 1.82) is 0 Å². The second kappa shape index (κ2) is 8.57. The van der Waals surface area contributed by atoms with Crippen LogP contribution < -0.4 is 20.5 Å². The SMILES string of the molecule is O=c1[nH]ccnc1N1CCCC(NCc2cccc(OC3CCCC3)c2)C1. The number of H-pyrrole nitrogens is 1. The predicted molar refractivity (Wildman–Crippen MR) is 106 cm³/mol. The fourth-order valence-electron chi connectivity index (χ4n) is 4.09. The second-order valence-electron chi connectivity index (χ2n) is 7.58. The average Bonchev–Trinajstić information content (AvgIpc) is 3.20. The van der Waals surface area contributed by atoms with Gasteiger partial charge in [0.2, 0.25) is 0 Å². The zero-order valence-corrected chi connectivity index (χ0v) is 15.7. The lowest BCUT2D eigenvalue weighted by molar-refractivity contribution is 0.210. The highest BCUT2D eigenvalue weighted by Crippen LogP contribution is 2.24. The van der Waals surface area contributed by atoms with Crippen LogP contribution in [0.5, 0.6) is 5.75 Å². The number of ether oxygens (including phenoxy) is 1. The van der Waals surface area contributed by atoms with Crippen LogP contribution in [0, 0.1) is 0 Å². The Bertz CT molecular complexity index is 801. The van der Waals surface area contributed by atoms with Gasteiger partial charge in [-0.05, 0) is 56.2 Å². The van der Waals surface area contributed by atoms with Crippen LogP contribution in [0.3, 0.4) is 0 Å². The number of nitrogens with one attached hydrogen (secondary N) is 2. The predicted octanol–water partition coefficient (Wildman–Crippen LogP) is 2.85. The van der Waals surface area contributed by atoms with Gasteiger partial charge in [-0.1, -0.05) is 12.1 Å². The van der Waals surface area contributed by atoms with Crippen LogP contribution in [0.4, 0.5) is 5.82 Å². The zero-order chi connectivity index (χ0) is 18.5. The van der Waals surface area contributed by atoms with Crippen molar-refractivity contribution in [2.24, 2.45) is 0 Å². The third kappa shape index (κ3) is 4.69. The van der Waals surface area contributed by atoms with Crippen molar-refractivity contribution < 1.29 is 4.74 Å². The van der Waals surface area contributed by atoms with Crippen molar-refractivity contribution in [2.45, 2.75) is 57.2 Å². The highest BCUT2D eigenvalue weighted by Gasteiger charge is 2.22. The van der Waals surface area contributed by atoms with E-state index in [0.29, 0.717) is 18.0 Å². The van der Waals surface area contributed by atoms with Gasteiger partial charge in [0.25, 0.3) is 5.56 Å². The molecule has 144 valence electrons. The van der Waals surface area contributed by atoms with Crippen molar-refractivity contribution in [3.8, 4) is 5.75 Å². The van der Waals surface area contributed by atoms with E-state index in [0.717, 1.165) is 38.2 Å². The number of rotatable bonds is 6. The van der Waals surface area contributed by atoms with Crippen molar-refractivity contribution in [3.63, 3.8) is 0 Å². The number of anilines is 1. The van der Waals surface area contributed by atoms with Crippen molar-refractivity contribution >= 4 is 5.82 Å². The minimum absolute atomic E-state index is 0.116. The zero-order valence-electron chi connectivity index (χ0n) is 15.7. The van der Waals surface area contributed by atoms with Gasteiger partial charge in [-0.25, -0.2) is 4.98 Å². The monoisotopic (exact) mass is 368 g/mol. The fraction of sp³-hybridized carbons (Fsp3) is 0.524. The first kappa shape index (κ1) is 18.0. The molecule has 0 amide bonds. The molecule has 1 saturated heterocycles. The number of hydrogen-bond donors (Lipinski definition) is 2. The molecule has 1 aliphatic carbocycles. The highest BCUT2D eigenvalue weighted by atomic mass is 16.5. The van der Waals surface area contributed by atoms with Crippen LogP contribution in [0.1, 0.15) is 44.1 Å². The Morgan fingerprint density at radius 1 is 1.22 bits per heavy atom. The molecule has 2 N–H and O–H groups in total. The normalized spacial score (nSPS) is 20.7. The summed E-state index contributed by atoms with van der Waals surface area (Å²) >= 11 is 0. The van der Waals surface area contributed by atoms with E-state index in [9.17, 15) is 4.79 Å². The van der Waals surface area contributed by atoms with Crippen LogP contribution >= 0.6 is 0 Å². The molecule has 1 unspecified atom stereocenters.